The monoisotopic (exact) mass is 224 g/mol. The number of hydrogen-bond donors (Lipinski definition) is 1. The minimum absolute atomic E-state index is 0.761. The van der Waals surface area contributed by atoms with E-state index in [2.05, 4.69) is 24.1 Å². The van der Waals surface area contributed by atoms with E-state index in [9.17, 15) is 0 Å². The highest BCUT2D eigenvalue weighted by atomic mass is 15.2. The van der Waals surface area contributed by atoms with Gasteiger partial charge in [-0.05, 0) is 44.2 Å². The van der Waals surface area contributed by atoms with Crippen molar-refractivity contribution in [2.45, 2.75) is 52.0 Å². The summed E-state index contributed by atoms with van der Waals surface area (Å²) in [7, 11) is 0. The molecule has 1 aliphatic heterocycles. The maximum absolute atomic E-state index is 3.72. The Bertz CT molecular complexity index is 201. The molecule has 0 aromatic carbocycles. The van der Waals surface area contributed by atoms with Crippen LogP contribution in [0, 0.1) is 11.8 Å². The second-order valence-electron chi connectivity index (χ2n) is 5.78. The predicted octanol–water partition coefficient (Wildman–Crippen LogP) is 2.50. The first-order chi connectivity index (χ1) is 7.81. The number of likely N-dealkylation sites (tertiary alicyclic amines) is 1. The number of nitrogens with zero attached hydrogens (tertiary/aromatic N) is 1. The van der Waals surface area contributed by atoms with Gasteiger partial charge in [-0.2, -0.15) is 0 Å². The van der Waals surface area contributed by atoms with Crippen molar-refractivity contribution in [2.24, 2.45) is 11.8 Å². The van der Waals surface area contributed by atoms with Crippen LogP contribution >= 0.6 is 0 Å². The molecule has 2 unspecified atom stereocenters. The SMILES string of the molecule is CCCNC1CC(CC2CC2)CN(CC)C1. The summed E-state index contributed by atoms with van der Waals surface area (Å²) in [6, 6.07) is 0.761. The summed E-state index contributed by atoms with van der Waals surface area (Å²) in [6.45, 7) is 9.62. The Morgan fingerprint density at radius 3 is 2.56 bits per heavy atom. The Labute approximate surface area is 101 Å². The average molecular weight is 224 g/mol. The van der Waals surface area contributed by atoms with Gasteiger partial charge in [0.2, 0.25) is 0 Å². The zero-order valence-corrected chi connectivity index (χ0v) is 11.0. The predicted molar refractivity (Wildman–Crippen MR) is 69.6 cm³/mol. The van der Waals surface area contributed by atoms with Crippen LogP contribution in [0.25, 0.3) is 0 Å². The minimum atomic E-state index is 0.761. The van der Waals surface area contributed by atoms with Gasteiger partial charge in [0.1, 0.15) is 0 Å². The lowest BCUT2D eigenvalue weighted by molar-refractivity contribution is 0.138. The molecule has 1 saturated carbocycles. The van der Waals surface area contributed by atoms with Crippen molar-refractivity contribution < 1.29 is 0 Å². The molecular weight excluding hydrogens is 196 g/mol. The zero-order chi connectivity index (χ0) is 11.4. The molecule has 2 rings (SSSR count). The van der Waals surface area contributed by atoms with Crippen molar-refractivity contribution >= 4 is 0 Å². The first-order valence-corrected chi connectivity index (χ1v) is 7.27. The first kappa shape index (κ1) is 12.4. The minimum Gasteiger partial charge on any atom is -0.313 e. The lowest BCUT2D eigenvalue weighted by Crippen LogP contribution is -2.49. The van der Waals surface area contributed by atoms with Crippen molar-refractivity contribution in [3.63, 3.8) is 0 Å². The van der Waals surface area contributed by atoms with E-state index in [1.165, 1.54) is 58.3 Å². The summed E-state index contributed by atoms with van der Waals surface area (Å²) in [6.07, 6.45) is 7.20. The molecule has 0 bridgehead atoms. The summed E-state index contributed by atoms with van der Waals surface area (Å²) in [5, 5.41) is 3.72. The van der Waals surface area contributed by atoms with Gasteiger partial charge >= 0.3 is 0 Å². The smallest absolute Gasteiger partial charge is 0.0198 e. The van der Waals surface area contributed by atoms with Gasteiger partial charge < -0.3 is 10.2 Å². The van der Waals surface area contributed by atoms with Crippen LogP contribution in [0.1, 0.15) is 46.0 Å². The zero-order valence-electron chi connectivity index (χ0n) is 11.0. The van der Waals surface area contributed by atoms with Crippen LogP contribution in [-0.4, -0.2) is 37.1 Å². The number of likely N-dealkylation sites (N-methyl/N-ethyl adjacent to an activating group) is 1. The second-order valence-corrected chi connectivity index (χ2v) is 5.78. The second kappa shape index (κ2) is 6.02. The van der Waals surface area contributed by atoms with E-state index in [1.54, 1.807) is 0 Å². The Kier molecular flexibility index (Phi) is 4.66. The highest BCUT2D eigenvalue weighted by Crippen LogP contribution is 2.37. The molecule has 16 heavy (non-hydrogen) atoms. The quantitative estimate of drug-likeness (QED) is 0.746. The van der Waals surface area contributed by atoms with Gasteiger partial charge in [0, 0.05) is 19.1 Å². The molecule has 0 aromatic heterocycles. The van der Waals surface area contributed by atoms with Crippen LogP contribution < -0.4 is 5.32 Å². The van der Waals surface area contributed by atoms with Crippen molar-refractivity contribution in [3.8, 4) is 0 Å². The van der Waals surface area contributed by atoms with Crippen molar-refractivity contribution in [1.29, 1.82) is 0 Å². The third-order valence-electron chi connectivity index (χ3n) is 4.11. The largest absolute Gasteiger partial charge is 0.313 e. The molecule has 1 heterocycles. The summed E-state index contributed by atoms with van der Waals surface area (Å²) in [5.74, 6) is 2.06. The molecule has 2 nitrogen and oxygen atoms in total. The Morgan fingerprint density at radius 1 is 1.12 bits per heavy atom. The van der Waals surface area contributed by atoms with Crippen molar-refractivity contribution in [2.75, 3.05) is 26.2 Å². The van der Waals surface area contributed by atoms with Gasteiger partial charge in [0.15, 0.2) is 0 Å². The maximum atomic E-state index is 3.72. The maximum Gasteiger partial charge on any atom is 0.0198 e. The van der Waals surface area contributed by atoms with Gasteiger partial charge in [-0.15, -0.1) is 0 Å². The summed E-state index contributed by atoms with van der Waals surface area (Å²) < 4.78 is 0. The fourth-order valence-electron chi connectivity index (χ4n) is 3.05. The topological polar surface area (TPSA) is 15.3 Å². The van der Waals surface area contributed by atoms with E-state index in [4.69, 9.17) is 0 Å². The van der Waals surface area contributed by atoms with E-state index in [0.717, 1.165) is 17.9 Å². The standard InChI is InChI=1S/C14H28N2/c1-3-7-15-14-9-13(8-12-5-6-12)10-16(4-2)11-14/h12-15H,3-11H2,1-2H3. The lowest BCUT2D eigenvalue weighted by Gasteiger charge is -2.38. The fourth-order valence-corrected chi connectivity index (χ4v) is 3.05. The van der Waals surface area contributed by atoms with Gasteiger partial charge in [0.25, 0.3) is 0 Å². The van der Waals surface area contributed by atoms with Crippen LogP contribution in [0.4, 0.5) is 0 Å². The number of rotatable bonds is 6. The highest BCUT2D eigenvalue weighted by molar-refractivity contribution is 4.86. The molecule has 2 fully saturated rings. The summed E-state index contributed by atoms with van der Waals surface area (Å²) in [5.41, 5.74) is 0. The molecule has 0 amide bonds. The van der Waals surface area contributed by atoms with Crippen LogP contribution in [-0.2, 0) is 0 Å². The van der Waals surface area contributed by atoms with Gasteiger partial charge in [-0.25, -0.2) is 0 Å². The summed E-state index contributed by atoms with van der Waals surface area (Å²) in [4.78, 5) is 2.64. The van der Waals surface area contributed by atoms with E-state index >= 15 is 0 Å². The molecule has 94 valence electrons. The van der Waals surface area contributed by atoms with Crippen molar-refractivity contribution in [3.05, 3.63) is 0 Å². The molecule has 0 aromatic rings. The van der Waals surface area contributed by atoms with Gasteiger partial charge in [0.05, 0.1) is 0 Å². The van der Waals surface area contributed by atoms with Gasteiger partial charge in [-0.3, -0.25) is 0 Å². The van der Waals surface area contributed by atoms with E-state index in [0.29, 0.717) is 0 Å². The lowest BCUT2D eigenvalue weighted by atomic mass is 9.89. The summed E-state index contributed by atoms with van der Waals surface area (Å²) >= 11 is 0. The highest BCUT2D eigenvalue weighted by Gasteiger charge is 2.31. The molecule has 1 saturated heterocycles. The fraction of sp³-hybridized carbons (Fsp3) is 1.00. The average Bonchev–Trinajstić information content (AvgIpc) is 3.10. The van der Waals surface area contributed by atoms with Crippen molar-refractivity contribution in [1.82, 2.24) is 10.2 Å². The third kappa shape index (κ3) is 3.74. The molecule has 1 N–H and O–H groups in total. The molecular formula is C14H28N2. The van der Waals surface area contributed by atoms with Crippen LogP contribution in [0.5, 0.6) is 0 Å². The van der Waals surface area contributed by atoms with Crippen LogP contribution in [0.2, 0.25) is 0 Å². The van der Waals surface area contributed by atoms with E-state index in [1.807, 2.05) is 0 Å². The van der Waals surface area contributed by atoms with Crippen LogP contribution in [0.15, 0.2) is 0 Å². The van der Waals surface area contributed by atoms with Crippen LogP contribution in [0.3, 0.4) is 0 Å². The number of nitrogens with one attached hydrogen (secondary N) is 1. The Morgan fingerprint density at radius 2 is 1.94 bits per heavy atom. The Balaban J connectivity index is 1.78. The van der Waals surface area contributed by atoms with Gasteiger partial charge in [-0.1, -0.05) is 26.7 Å². The molecule has 2 atom stereocenters. The number of hydrogen-bond acceptors (Lipinski definition) is 2. The molecule has 2 heteroatoms. The molecule has 2 aliphatic rings. The third-order valence-corrected chi connectivity index (χ3v) is 4.11. The molecule has 0 spiro atoms. The number of piperidine rings is 1. The molecule has 1 aliphatic carbocycles. The van der Waals surface area contributed by atoms with E-state index in [-0.39, 0.29) is 0 Å². The first-order valence-electron chi connectivity index (χ1n) is 7.27. The normalized spacial score (nSPS) is 31.9. The molecule has 0 radical (unpaired) electrons. The van der Waals surface area contributed by atoms with E-state index < -0.39 is 0 Å². The Hall–Kier alpha value is -0.0800.